The highest BCUT2D eigenvalue weighted by atomic mass is 32.2. The van der Waals surface area contributed by atoms with Crippen LogP contribution in [-0.4, -0.2) is 61.6 Å². The fourth-order valence-electron chi connectivity index (χ4n) is 4.50. The summed E-state index contributed by atoms with van der Waals surface area (Å²) in [7, 11) is -2.29. The lowest BCUT2D eigenvalue weighted by molar-refractivity contribution is -0.376. The molecule has 212 valence electrons. The molecule has 1 aliphatic carbocycles. The van der Waals surface area contributed by atoms with E-state index in [0.717, 1.165) is 18.4 Å². The van der Waals surface area contributed by atoms with Crippen LogP contribution in [0.4, 0.5) is 32.0 Å². The standard InChI is InChI=1S/C24H22F6N2O6S/c1-38-21(9-10-21)20(34)32-12-13-11-16(39(2,36)37)7-8-17(13)18(32)19(33)31-15-5-3-14(4-6-15)22(35,23(25,26)27)24(28,29)30/h3-8,11,18,35H,9-10,12H2,1-2H3,(H,31,33)/t18-/m1/s1. The van der Waals surface area contributed by atoms with E-state index in [0.29, 0.717) is 36.1 Å². The van der Waals surface area contributed by atoms with Crippen molar-refractivity contribution in [3.8, 4) is 0 Å². The Labute approximate surface area is 218 Å². The summed E-state index contributed by atoms with van der Waals surface area (Å²) in [6.45, 7) is -0.135. The Morgan fingerprint density at radius 1 is 1.03 bits per heavy atom. The molecule has 0 radical (unpaired) electrons. The molecule has 2 aromatic carbocycles. The van der Waals surface area contributed by atoms with E-state index in [1.807, 2.05) is 0 Å². The van der Waals surface area contributed by atoms with Gasteiger partial charge in [-0.2, -0.15) is 26.3 Å². The number of sulfone groups is 1. The maximum Gasteiger partial charge on any atom is 0.430 e. The molecule has 2 amide bonds. The van der Waals surface area contributed by atoms with Crippen LogP contribution < -0.4 is 5.32 Å². The monoisotopic (exact) mass is 580 g/mol. The van der Waals surface area contributed by atoms with E-state index < -0.39 is 56.8 Å². The molecule has 4 rings (SSSR count). The minimum Gasteiger partial charge on any atom is -0.369 e. The molecule has 0 saturated heterocycles. The van der Waals surface area contributed by atoms with Crippen LogP contribution in [0.15, 0.2) is 47.4 Å². The predicted octanol–water partition coefficient (Wildman–Crippen LogP) is 3.60. The van der Waals surface area contributed by atoms with Gasteiger partial charge in [0.15, 0.2) is 9.84 Å². The summed E-state index contributed by atoms with van der Waals surface area (Å²) in [6.07, 6.45) is -10.4. The Morgan fingerprint density at radius 2 is 1.59 bits per heavy atom. The fraction of sp³-hybridized carbons (Fsp3) is 0.417. The molecule has 0 unspecified atom stereocenters. The number of ether oxygens (including phenoxy) is 1. The second-order valence-electron chi connectivity index (χ2n) is 9.44. The molecule has 1 heterocycles. The van der Waals surface area contributed by atoms with Gasteiger partial charge in [-0.3, -0.25) is 9.59 Å². The van der Waals surface area contributed by atoms with E-state index >= 15 is 0 Å². The lowest BCUT2D eigenvalue weighted by Gasteiger charge is -2.32. The van der Waals surface area contributed by atoms with Crippen LogP contribution in [0.2, 0.25) is 0 Å². The maximum atomic E-state index is 13.3. The third-order valence-electron chi connectivity index (χ3n) is 6.87. The Balaban J connectivity index is 1.66. The van der Waals surface area contributed by atoms with Crippen LogP contribution >= 0.6 is 0 Å². The number of carbonyl (C=O) groups is 2. The second-order valence-corrected chi connectivity index (χ2v) is 11.5. The van der Waals surface area contributed by atoms with Gasteiger partial charge < -0.3 is 20.1 Å². The zero-order valence-corrected chi connectivity index (χ0v) is 21.2. The molecular weight excluding hydrogens is 558 g/mol. The van der Waals surface area contributed by atoms with E-state index in [4.69, 9.17) is 4.74 Å². The number of rotatable bonds is 6. The molecule has 15 heteroatoms. The number of methoxy groups -OCH3 is 1. The first kappa shape index (κ1) is 28.8. The van der Waals surface area contributed by atoms with Gasteiger partial charge in [-0.15, -0.1) is 0 Å². The molecular formula is C24H22F6N2O6S. The summed E-state index contributed by atoms with van der Waals surface area (Å²) in [4.78, 5) is 27.8. The first-order valence-corrected chi connectivity index (χ1v) is 13.2. The van der Waals surface area contributed by atoms with Crippen molar-refractivity contribution in [3.63, 3.8) is 0 Å². The molecule has 1 atom stereocenters. The van der Waals surface area contributed by atoms with Crippen molar-refractivity contribution in [2.24, 2.45) is 0 Å². The third kappa shape index (κ3) is 4.87. The first-order valence-electron chi connectivity index (χ1n) is 11.3. The lowest BCUT2D eigenvalue weighted by Crippen LogP contribution is -2.53. The Morgan fingerprint density at radius 3 is 2.05 bits per heavy atom. The SMILES string of the molecule is COC1(C(=O)N2Cc3cc(S(C)(=O)=O)ccc3[C@@H]2C(=O)Nc2ccc(C(O)(C(F)(F)F)C(F)(F)F)cc2)CC1. The predicted molar refractivity (Wildman–Crippen MR) is 123 cm³/mol. The van der Waals surface area contributed by atoms with Crippen molar-refractivity contribution in [2.45, 2.75) is 53.9 Å². The molecule has 2 N–H and O–H groups in total. The van der Waals surface area contributed by atoms with Crippen LogP contribution in [0.5, 0.6) is 0 Å². The molecule has 1 fully saturated rings. The smallest absolute Gasteiger partial charge is 0.369 e. The largest absolute Gasteiger partial charge is 0.430 e. The number of carbonyl (C=O) groups excluding carboxylic acids is 2. The molecule has 8 nitrogen and oxygen atoms in total. The maximum absolute atomic E-state index is 13.3. The average Bonchev–Trinajstić information content (AvgIpc) is 3.54. The minimum atomic E-state index is -6.07. The summed E-state index contributed by atoms with van der Waals surface area (Å²) in [5, 5.41) is 11.9. The summed E-state index contributed by atoms with van der Waals surface area (Å²) in [5.41, 5.74) is -7.34. The number of hydrogen-bond acceptors (Lipinski definition) is 6. The number of fused-ring (bicyclic) bond motifs is 1. The van der Waals surface area contributed by atoms with E-state index in [-0.39, 0.29) is 17.1 Å². The average molecular weight is 581 g/mol. The van der Waals surface area contributed by atoms with Crippen molar-refractivity contribution < 1.29 is 54.2 Å². The second kappa shape index (κ2) is 9.20. The molecule has 0 aromatic heterocycles. The van der Waals surface area contributed by atoms with Crippen LogP contribution in [0, 0.1) is 0 Å². The van der Waals surface area contributed by atoms with E-state index in [9.17, 15) is 49.5 Å². The van der Waals surface area contributed by atoms with Crippen molar-refractivity contribution in [3.05, 3.63) is 59.2 Å². The zero-order chi connectivity index (χ0) is 29.2. The van der Waals surface area contributed by atoms with Crippen molar-refractivity contribution >= 4 is 27.3 Å². The number of nitrogens with zero attached hydrogens (tertiary/aromatic N) is 1. The van der Waals surface area contributed by atoms with Gasteiger partial charge in [0.1, 0.15) is 11.6 Å². The van der Waals surface area contributed by atoms with Gasteiger partial charge in [0, 0.05) is 31.2 Å². The Hall–Kier alpha value is -3.17. The fourth-order valence-corrected chi connectivity index (χ4v) is 5.18. The summed E-state index contributed by atoms with van der Waals surface area (Å²) < 4.78 is 108. The number of anilines is 1. The highest BCUT2D eigenvalue weighted by Gasteiger charge is 2.71. The van der Waals surface area contributed by atoms with Crippen LogP contribution in [0.3, 0.4) is 0 Å². The topological polar surface area (TPSA) is 113 Å². The Kier molecular flexibility index (Phi) is 6.80. The van der Waals surface area contributed by atoms with Crippen LogP contribution in [0.25, 0.3) is 0 Å². The van der Waals surface area contributed by atoms with Gasteiger partial charge >= 0.3 is 12.4 Å². The molecule has 2 aromatic rings. The molecule has 0 spiro atoms. The number of benzene rings is 2. The van der Waals surface area contributed by atoms with Crippen molar-refractivity contribution in [1.29, 1.82) is 0 Å². The summed E-state index contributed by atoms with van der Waals surface area (Å²) in [6, 6.07) is 4.92. The van der Waals surface area contributed by atoms with E-state index in [2.05, 4.69) is 5.32 Å². The number of amides is 2. The minimum absolute atomic E-state index is 0.0417. The quantitative estimate of drug-likeness (QED) is 0.505. The van der Waals surface area contributed by atoms with Gasteiger partial charge in [0.2, 0.25) is 0 Å². The zero-order valence-electron chi connectivity index (χ0n) is 20.4. The number of hydrogen-bond donors (Lipinski definition) is 2. The van der Waals surface area contributed by atoms with Gasteiger partial charge in [0.25, 0.3) is 17.4 Å². The highest BCUT2D eigenvalue weighted by molar-refractivity contribution is 7.90. The molecule has 1 aliphatic heterocycles. The van der Waals surface area contributed by atoms with Crippen LogP contribution in [0.1, 0.15) is 35.6 Å². The lowest BCUT2D eigenvalue weighted by atomic mass is 9.92. The van der Waals surface area contributed by atoms with Gasteiger partial charge in [0.05, 0.1) is 4.90 Å². The van der Waals surface area contributed by atoms with E-state index in [1.54, 1.807) is 0 Å². The van der Waals surface area contributed by atoms with E-state index in [1.165, 1.54) is 30.2 Å². The summed E-state index contributed by atoms with van der Waals surface area (Å²) in [5.74, 6) is -1.38. The number of halogens is 6. The molecule has 2 aliphatic rings. The molecule has 1 saturated carbocycles. The molecule has 39 heavy (non-hydrogen) atoms. The van der Waals surface area contributed by atoms with Gasteiger partial charge in [-0.25, -0.2) is 8.42 Å². The number of nitrogens with one attached hydrogen (secondary N) is 1. The third-order valence-corrected chi connectivity index (χ3v) is 7.98. The number of aliphatic hydroxyl groups is 1. The van der Waals surface area contributed by atoms with Crippen LogP contribution in [-0.2, 0) is 36.3 Å². The number of alkyl halides is 6. The first-order chi connectivity index (χ1) is 17.9. The van der Waals surface area contributed by atoms with Gasteiger partial charge in [-0.1, -0.05) is 18.2 Å². The highest BCUT2D eigenvalue weighted by Crippen LogP contribution is 2.50. The summed E-state index contributed by atoms with van der Waals surface area (Å²) >= 11 is 0. The molecule has 0 bridgehead atoms. The van der Waals surface area contributed by atoms with Crippen molar-refractivity contribution in [2.75, 3.05) is 18.7 Å². The van der Waals surface area contributed by atoms with Crippen molar-refractivity contribution in [1.82, 2.24) is 4.90 Å². The Bertz CT molecular complexity index is 1400. The van der Waals surface area contributed by atoms with Gasteiger partial charge in [-0.05, 0) is 48.2 Å². The normalized spacial score (nSPS) is 19.0.